The normalized spacial score (nSPS) is 24.6. The topological polar surface area (TPSA) is 44.7 Å². The molecule has 1 atom stereocenters. The number of rotatable bonds is 2. The van der Waals surface area contributed by atoms with E-state index in [0.717, 1.165) is 43.4 Å². The first-order chi connectivity index (χ1) is 8.48. The summed E-state index contributed by atoms with van der Waals surface area (Å²) in [5.41, 5.74) is 0.276. The highest BCUT2D eigenvalue weighted by Crippen LogP contribution is 2.27. The summed E-state index contributed by atoms with van der Waals surface area (Å²) >= 11 is 1.73. The fourth-order valence-electron chi connectivity index (χ4n) is 2.19. The van der Waals surface area contributed by atoms with Gasteiger partial charge in [0.1, 0.15) is 6.04 Å². The van der Waals surface area contributed by atoms with Crippen molar-refractivity contribution in [3.05, 3.63) is 0 Å². The Labute approximate surface area is 114 Å². The van der Waals surface area contributed by atoms with Crippen LogP contribution in [0.4, 0.5) is 0 Å². The van der Waals surface area contributed by atoms with Gasteiger partial charge in [-0.2, -0.15) is 0 Å². The predicted molar refractivity (Wildman–Crippen MR) is 77.0 cm³/mol. The number of amidine groups is 1. The fourth-order valence-corrected chi connectivity index (χ4v) is 3.22. The van der Waals surface area contributed by atoms with E-state index in [0.29, 0.717) is 0 Å². The molecule has 102 valence electrons. The SMILES string of the molecule is CC(NC1=NCC(C)(C)CS1)C(=O)N1CCCC1. The van der Waals surface area contributed by atoms with Gasteiger partial charge in [0.2, 0.25) is 5.91 Å². The van der Waals surface area contributed by atoms with Gasteiger partial charge in [0.05, 0.1) is 0 Å². The zero-order valence-electron chi connectivity index (χ0n) is 11.5. The first-order valence-corrected chi connectivity index (χ1v) is 7.69. The number of amides is 1. The summed E-state index contributed by atoms with van der Waals surface area (Å²) in [6.07, 6.45) is 2.28. The Morgan fingerprint density at radius 3 is 2.67 bits per heavy atom. The molecule has 5 heteroatoms. The molecule has 2 aliphatic rings. The van der Waals surface area contributed by atoms with Crippen molar-refractivity contribution in [3.63, 3.8) is 0 Å². The number of likely N-dealkylation sites (tertiary alicyclic amines) is 1. The average molecular weight is 269 g/mol. The van der Waals surface area contributed by atoms with E-state index in [1.165, 1.54) is 0 Å². The van der Waals surface area contributed by atoms with Crippen LogP contribution in [0.2, 0.25) is 0 Å². The second kappa shape index (κ2) is 5.51. The first kappa shape index (κ1) is 13.7. The van der Waals surface area contributed by atoms with E-state index in [1.54, 1.807) is 11.8 Å². The third kappa shape index (κ3) is 3.40. The van der Waals surface area contributed by atoms with Crippen LogP contribution in [-0.2, 0) is 4.79 Å². The van der Waals surface area contributed by atoms with Gasteiger partial charge in [-0.3, -0.25) is 9.79 Å². The molecule has 0 aromatic carbocycles. The van der Waals surface area contributed by atoms with E-state index in [9.17, 15) is 4.79 Å². The minimum atomic E-state index is -0.157. The zero-order valence-corrected chi connectivity index (χ0v) is 12.3. The summed E-state index contributed by atoms with van der Waals surface area (Å²) < 4.78 is 0. The van der Waals surface area contributed by atoms with Crippen LogP contribution < -0.4 is 5.32 Å². The van der Waals surface area contributed by atoms with Crippen LogP contribution in [-0.4, -0.2) is 47.4 Å². The van der Waals surface area contributed by atoms with Crippen molar-refractivity contribution >= 4 is 22.8 Å². The third-order valence-electron chi connectivity index (χ3n) is 3.38. The van der Waals surface area contributed by atoms with Crippen LogP contribution in [0.25, 0.3) is 0 Å². The maximum absolute atomic E-state index is 12.1. The van der Waals surface area contributed by atoms with E-state index < -0.39 is 0 Å². The van der Waals surface area contributed by atoms with Crippen molar-refractivity contribution in [3.8, 4) is 0 Å². The summed E-state index contributed by atoms with van der Waals surface area (Å²) in [6, 6.07) is -0.157. The molecule has 18 heavy (non-hydrogen) atoms. The van der Waals surface area contributed by atoms with Crippen molar-refractivity contribution in [2.45, 2.75) is 39.7 Å². The number of hydrogen-bond acceptors (Lipinski definition) is 4. The molecular formula is C13H23N3OS. The van der Waals surface area contributed by atoms with E-state index in [-0.39, 0.29) is 17.4 Å². The molecule has 0 aliphatic carbocycles. The van der Waals surface area contributed by atoms with Crippen LogP contribution >= 0.6 is 11.8 Å². The van der Waals surface area contributed by atoms with Crippen LogP contribution in [0.5, 0.6) is 0 Å². The van der Waals surface area contributed by atoms with E-state index >= 15 is 0 Å². The van der Waals surface area contributed by atoms with Crippen molar-refractivity contribution in [1.29, 1.82) is 0 Å². The molecule has 1 unspecified atom stereocenters. The molecule has 1 fully saturated rings. The van der Waals surface area contributed by atoms with Crippen molar-refractivity contribution < 1.29 is 4.79 Å². The van der Waals surface area contributed by atoms with Gasteiger partial charge >= 0.3 is 0 Å². The fraction of sp³-hybridized carbons (Fsp3) is 0.846. The maximum Gasteiger partial charge on any atom is 0.244 e. The maximum atomic E-state index is 12.1. The molecule has 0 bridgehead atoms. The zero-order chi connectivity index (χ0) is 13.2. The van der Waals surface area contributed by atoms with E-state index in [1.807, 2.05) is 11.8 Å². The number of carbonyl (C=O) groups excluding carboxylic acids is 1. The lowest BCUT2D eigenvalue weighted by Gasteiger charge is -2.29. The standard InChI is InChI=1S/C13H23N3OS/c1-10(11(17)16-6-4-5-7-16)15-12-14-8-13(2,3)9-18-12/h10H,4-9H2,1-3H3,(H,14,15). The number of nitrogens with one attached hydrogen (secondary N) is 1. The van der Waals surface area contributed by atoms with Crippen LogP contribution in [0.1, 0.15) is 33.6 Å². The molecule has 1 amide bonds. The molecule has 0 saturated carbocycles. The Balaban J connectivity index is 1.85. The lowest BCUT2D eigenvalue weighted by molar-refractivity contribution is -0.131. The summed E-state index contributed by atoms with van der Waals surface area (Å²) in [5.74, 6) is 1.27. The molecule has 2 aliphatic heterocycles. The first-order valence-electron chi connectivity index (χ1n) is 6.70. The van der Waals surface area contributed by atoms with Gasteiger partial charge < -0.3 is 10.2 Å². The highest BCUT2D eigenvalue weighted by atomic mass is 32.2. The lowest BCUT2D eigenvalue weighted by Crippen LogP contribution is -2.46. The molecule has 2 heterocycles. The second-order valence-electron chi connectivity index (χ2n) is 5.97. The number of carbonyl (C=O) groups is 1. The molecule has 0 aromatic heterocycles. The number of aliphatic imine (C=N–C) groups is 1. The summed E-state index contributed by atoms with van der Waals surface area (Å²) in [4.78, 5) is 18.6. The van der Waals surface area contributed by atoms with E-state index in [4.69, 9.17) is 0 Å². The number of nitrogens with zero attached hydrogens (tertiary/aromatic N) is 2. The van der Waals surface area contributed by atoms with Gasteiger partial charge in [0, 0.05) is 25.4 Å². The molecular weight excluding hydrogens is 246 g/mol. The van der Waals surface area contributed by atoms with E-state index in [2.05, 4.69) is 24.2 Å². The van der Waals surface area contributed by atoms with Gasteiger partial charge in [0.15, 0.2) is 5.17 Å². The van der Waals surface area contributed by atoms with Crippen LogP contribution in [0.3, 0.4) is 0 Å². The smallest absolute Gasteiger partial charge is 0.244 e. The molecule has 1 saturated heterocycles. The van der Waals surface area contributed by atoms with Gasteiger partial charge in [-0.25, -0.2) is 0 Å². The molecule has 0 radical (unpaired) electrons. The summed E-state index contributed by atoms with van der Waals surface area (Å²) in [5, 5.41) is 4.18. The summed E-state index contributed by atoms with van der Waals surface area (Å²) in [7, 11) is 0. The molecule has 1 N–H and O–H groups in total. The average Bonchev–Trinajstić information content (AvgIpc) is 2.84. The van der Waals surface area contributed by atoms with Crippen molar-refractivity contribution in [1.82, 2.24) is 10.2 Å². The van der Waals surface area contributed by atoms with Gasteiger partial charge in [0.25, 0.3) is 0 Å². The van der Waals surface area contributed by atoms with Crippen LogP contribution in [0.15, 0.2) is 4.99 Å². The van der Waals surface area contributed by atoms with Gasteiger partial charge in [-0.05, 0) is 25.2 Å². The number of hydrogen-bond donors (Lipinski definition) is 1. The molecule has 0 spiro atoms. The number of thioether (sulfide) groups is 1. The predicted octanol–water partition coefficient (Wildman–Crippen LogP) is 1.72. The highest BCUT2D eigenvalue weighted by Gasteiger charge is 2.27. The summed E-state index contributed by atoms with van der Waals surface area (Å²) in [6.45, 7) is 9.05. The Morgan fingerprint density at radius 2 is 2.11 bits per heavy atom. The Hall–Kier alpha value is -0.710. The van der Waals surface area contributed by atoms with Gasteiger partial charge in [-0.15, -0.1) is 0 Å². The lowest BCUT2D eigenvalue weighted by atomic mass is 9.97. The molecule has 2 rings (SSSR count). The third-order valence-corrected chi connectivity index (χ3v) is 4.82. The Kier molecular flexibility index (Phi) is 4.20. The minimum Gasteiger partial charge on any atom is -0.353 e. The molecule has 4 nitrogen and oxygen atoms in total. The van der Waals surface area contributed by atoms with Crippen LogP contribution in [0, 0.1) is 5.41 Å². The second-order valence-corrected chi connectivity index (χ2v) is 6.94. The van der Waals surface area contributed by atoms with Crippen molar-refractivity contribution in [2.24, 2.45) is 10.4 Å². The molecule has 0 aromatic rings. The Morgan fingerprint density at radius 1 is 1.44 bits per heavy atom. The quantitative estimate of drug-likeness (QED) is 0.830. The van der Waals surface area contributed by atoms with Crippen molar-refractivity contribution in [2.75, 3.05) is 25.4 Å². The monoisotopic (exact) mass is 269 g/mol. The minimum absolute atomic E-state index is 0.157. The van der Waals surface area contributed by atoms with Gasteiger partial charge in [-0.1, -0.05) is 25.6 Å². The highest BCUT2D eigenvalue weighted by molar-refractivity contribution is 8.13. The Bertz CT molecular complexity index is 348. The largest absolute Gasteiger partial charge is 0.353 e.